The van der Waals surface area contributed by atoms with Crippen LogP contribution in [0, 0.1) is 11.7 Å². The van der Waals surface area contributed by atoms with Gasteiger partial charge in [0.2, 0.25) is 5.91 Å². The van der Waals surface area contributed by atoms with Crippen molar-refractivity contribution in [1.82, 2.24) is 4.90 Å². The summed E-state index contributed by atoms with van der Waals surface area (Å²) in [7, 11) is 1.61. The zero-order valence-electron chi connectivity index (χ0n) is 12.2. The van der Waals surface area contributed by atoms with Gasteiger partial charge in [-0.1, -0.05) is 19.1 Å². The van der Waals surface area contributed by atoms with E-state index in [0.29, 0.717) is 6.54 Å². The summed E-state index contributed by atoms with van der Waals surface area (Å²) in [6.45, 7) is 2.21. The molecule has 5 nitrogen and oxygen atoms in total. The molecule has 1 aromatic rings. The van der Waals surface area contributed by atoms with E-state index >= 15 is 0 Å². The van der Waals surface area contributed by atoms with Gasteiger partial charge in [0.1, 0.15) is 6.61 Å². The van der Waals surface area contributed by atoms with Crippen LogP contribution in [0.5, 0.6) is 5.75 Å². The molecular formula is C15H20FNO4. The minimum Gasteiger partial charge on any atom is -0.489 e. The number of carbonyl (C=O) groups excluding carboxylic acids is 1. The lowest BCUT2D eigenvalue weighted by atomic mass is 10.0. The van der Waals surface area contributed by atoms with Crippen molar-refractivity contribution in [3.8, 4) is 5.75 Å². The Balaban J connectivity index is 2.33. The van der Waals surface area contributed by atoms with Gasteiger partial charge in [0.15, 0.2) is 11.6 Å². The molecule has 1 rings (SSSR count). The Morgan fingerprint density at radius 2 is 2.00 bits per heavy atom. The molecule has 21 heavy (non-hydrogen) atoms. The van der Waals surface area contributed by atoms with Crippen molar-refractivity contribution in [3.63, 3.8) is 0 Å². The minimum atomic E-state index is -0.916. The Morgan fingerprint density at radius 3 is 2.62 bits per heavy atom. The van der Waals surface area contributed by atoms with E-state index in [4.69, 9.17) is 9.84 Å². The Labute approximate surface area is 123 Å². The normalized spacial score (nSPS) is 11.8. The van der Waals surface area contributed by atoms with Gasteiger partial charge in [-0.05, 0) is 18.1 Å². The van der Waals surface area contributed by atoms with E-state index in [9.17, 15) is 14.0 Å². The van der Waals surface area contributed by atoms with E-state index in [1.807, 2.05) is 0 Å². The summed E-state index contributed by atoms with van der Waals surface area (Å²) < 4.78 is 18.6. The van der Waals surface area contributed by atoms with Crippen molar-refractivity contribution in [2.45, 2.75) is 19.8 Å². The van der Waals surface area contributed by atoms with Crippen LogP contribution in [0.3, 0.4) is 0 Å². The lowest BCUT2D eigenvalue weighted by molar-refractivity contribution is -0.138. The van der Waals surface area contributed by atoms with Gasteiger partial charge in [0, 0.05) is 19.9 Å². The standard InChI is InChI=1S/C15H20FNO4/c1-11(10-15(19)20)9-14(18)17(2)7-8-21-13-6-4-3-5-12(13)16/h3-6,11H,7-10H2,1-2H3,(H,19,20). The van der Waals surface area contributed by atoms with Crippen LogP contribution in [-0.4, -0.2) is 42.1 Å². The van der Waals surface area contributed by atoms with Gasteiger partial charge in [0.05, 0.1) is 6.54 Å². The summed E-state index contributed by atoms with van der Waals surface area (Å²) in [6, 6.07) is 6.06. The van der Waals surface area contributed by atoms with Crippen molar-refractivity contribution in [2.24, 2.45) is 5.92 Å². The third-order valence-corrected chi connectivity index (χ3v) is 2.99. The number of hydrogen-bond acceptors (Lipinski definition) is 3. The van der Waals surface area contributed by atoms with Crippen molar-refractivity contribution in [3.05, 3.63) is 30.1 Å². The average Bonchev–Trinajstić information content (AvgIpc) is 2.39. The molecule has 116 valence electrons. The number of aliphatic carboxylic acids is 1. The lowest BCUT2D eigenvalue weighted by Gasteiger charge is -2.19. The molecule has 0 saturated carbocycles. The first-order valence-electron chi connectivity index (χ1n) is 6.73. The summed E-state index contributed by atoms with van der Waals surface area (Å²) in [4.78, 5) is 23.8. The molecule has 0 fully saturated rings. The third-order valence-electron chi connectivity index (χ3n) is 2.99. The maximum Gasteiger partial charge on any atom is 0.303 e. The molecule has 1 atom stereocenters. The first-order chi connectivity index (χ1) is 9.90. The first-order valence-corrected chi connectivity index (χ1v) is 6.73. The minimum absolute atomic E-state index is 0.0364. The Bertz CT molecular complexity index is 492. The molecule has 6 heteroatoms. The van der Waals surface area contributed by atoms with Crippen LogP contribution in [0.15, 0.2) is 24.3 Å². The molecule has 1 unspecified atom stereocenters. The molecule has 0 saturated heterocycles. The Hall–Kier alpha value is -2.11. The molecule has 0 aliphatic heterocycles. The summed E-state index contributed by atoms with van der Waals surface area (Å²) in [5.74, 6) is -1.58. The van der Waals surface area contributed by atoms with Gasteiger partial charge < -0.3 is 14.7 Å². The zero-order chi connectivity index (χ0) is 15.8. The fourth-order valence-electron chi connectivity index (χ4n) is 1.80. The number of amides is 1. The molecule has 1 aromatic carbocycles. The van der Waals surface area contributed by atoms with Crippen molar-refractivity contribution in [2.75, 3.05) is 20.2 Å². The third kappa shape index (κ3) is 6.25. The zero-order valence-corrected chi connectivity index (χ0v) is 12.2. The summed E-state index contributed by atoms with van der Waals surface area (Å²) in [5.41, 5.74) is 0. The highest BCUT2D eigenvalue weighted by Gasteiger charge is 2.15. The summed E-state index contributed by atoms with van der Waals surface area (Å²) in [5, 5.41) is 8.65. The quantitative estimate of drug-likeness (QED) is 0.798. The van der Waals surface area contributed by atoms with Crippen molar-refractivity contribution >= 4 is 11.9 Å². The maximum absolute atomic E-state index is 13.3. The van der Waals surface area contributed by atoms with Crippen LogP contribution in [0.4, 0.5) is 4.39 Å². The van der Waals surface area contributed by atoms with Crippen LogP contribution >= 0.6 is 0 Å². The lowest BCUT2D eigenvalue weighted by Crippen LogP contribution is -2.32. The predicted molar refractivity (Wildman–Crippen MR) is 75.6 cm³/mol. The van der Waals surface area contributed by atoms with E-state index in [1.54, 1.807) is 26.1 Å². The second kappa shape index (κ2) is 8.24. The molecule has 1 N–H and O–H groups in total. The number of rotatable bonds is 8. The number of carboxylic acid groups (broad SMARTS) is 1. The van der Waals surface area contributed by atoms with Crippen LogP contribution in [0.1, 0.15) is 19.8 Å². The molecule has 1 amide bonds. The first kappa shape index (κ1) is 16.9. The molecule has 0 aromatic heterocycles. The van der Waals surface area contributed by atoms with E-state index in [1.165, 1.54) is 17.0 Å². The number of halogens is 1. The number of carboxylic acids is 1. The highest BCUT2D eigenvalue weighted by atomic mass is 19.1. The van der Waals surface area contributed by atoms with Crippen molar-refractivity contribution < 1.29 is 23.8 Å². The largest absolute Gasteiger partial charge is 0.489 e. The number of hydrogen-bond donors (Lipinski definition) is 1. The van der Waals surface area contributed by atoms with Gasteiger partial charge in [-0.15, -0.1) is 0 Å². The van der Waals surface area contributed by atoms with Crippen LogP contribution in [0.2, 0.25) is 0 Å². The van der Waals surface area contributed by atoms with Crippen molar-refractivity contribution in [1.29, 1.82) is 0 Å². The SMILES string of the molecule is CC(CC(=O)O)CC(=O)N(C)CCOc1ccccc1F. The molecule has 0 radical (unpaired) electrons. The number of benzene rings is 1. The number of ether oxygens (including phenoxy) is 1. The smallest absolute Gasteiger partial charge is 0.303 e. The molecular weight excluding hydrogens is 277 g/mol. The second-order valence-corrected chi connectivity index (χ2v) is 5.00. The Kier molecular flexibility index (Phi) is 6.65. The number of carbonyl (C=O) groups is 2. The van der Waals surface area contributed by atoms with Gasteiger partial charge in [0.25, 0.3) is 0 Å². The van der Waals surface area contributed by atoms with Crippen LogP contribution in [-0.2, 0) is 9.59 Å². The van der Waals surface area contributed by atoms with Gasteiger partial charge >= 0.3 is 5.97 Å². The van der Waals surface area contributed by atoms with E-state index in [2.05, 4.69) is 0 Å². The van der Waals surface area contributed by atoms with Crippen LogP contribution in [0.25, 0.3) is 0 Å². The number of nitrogens with zero attached hydrogens (tertiary/aromatic N) is 1. The number of para-hydroxylation sites is 1. The van der Waals surface area contributed by atoms with Gasteiger partial charge in [-0.2, -0.15) is 0 Å². The second-order valence-electron chi connectivity index (χ2n) is 5.00. The highest BCUT2D eigenvalue weighted by molar-refractivity contribution is 5.77. The fraction of sp³-hybridized carbons (Fsp3) is 0.467. The van der Waals surface area contributed by atoms with Gasteiger partial charge in [-0.3, -0.25) is 9.59 Å². The highest BCUT2D eigenvalue weighted by Crippen LogP contribution is 2.15. The van der Waals surface area contributed by atoms with Gasteiger partial charge in [-0.25, -0.2) is 4.39 Å². The Morgan fingerprint density at radius 1 is 1.33 bits per heavy atom. The molecule has 0 aliphatic rings. The molecule has 0 spiro atoms. The molecule has 0 aliphatic carbocycles. The number of likely N-dealkylation sites (N-methyl/N-ethyl adjacent to an activating group) is 1. The van der Waals surface area contributed by atoms with E-state index in [0.717, 1.165) is 0 Å². The monoisotopic (exact) mass is 297 g/mol. The average molecular weight is 297 g/mol. The predicted octanol–water partition coefficient (Wildman–Crippen LogP) is 2.16. The summed E-state index contributed by atoms with van der Waals surface area (Å²) >= 11 is 0. The molecule has 0 bridgehead atoms. The topological polar surface area (TPSA) is 66.8 Å². The summed E-state index contributed by atoms with van der Waals surface area (Å²) in [6.07, 6.45) is 0.133. The van der Waals surface area contributed by atoms with E-state index < -0.39 is 11.8 Å². The van der Waals surface area contributed by atoms with E-state index in [-0.39, 0.29) is 37.0 Å². The fourth-order valence-corrected chi connectivity index (χ4v) is 1.80. The molecule has 0 heterocycles. The van der Waals surface area contributed by atoms with Crippen LogP contribution < -0.4 is 4.74 Å². The maximum atomic E-state index is 13.3.